The van der Waals surface area contributed by atoms with Crippen LogP contribution in [0, 0.1) is 0 Å². The highest BCUT2D eigenvalue weighted by molar-refractivity contribution is 6.60. The van der Waals surface area contributed by atoms with Gasteiger partial charge in [-0.1, -0.05) is 45.1 Å². The molecule has 0 amide bonds. The maximum atomic E-state index is 2.45. The first-order valence-electron chi connectivity index (χ1n) is 5.05. The Hall–Kier alpha value is -0.195. The normalized spacial score (nSPS) is 23.6. The standard InChI is InChI=1S/C10H19B/c1-3-11(4-2)10-8-6-5-7-9-10/h6,8,10H,3-5,7,9H2,1-2H3. The van der Waals surface area contributed by atoms with Gasteiger partial charge < -0.3 is 0 Å². The average molecular weight is 150 g/mol. The Labute approximate surface area is 71.2 Å². The summed E-state index contributed by atoms with van der Waals surface area (Å²) < 4.78 is 0. The van der Waals surface area contributed by atoms with E-state index in [0.29, 0.717) is 0 Å². The lowest BCUT2D eigenvalue weighted by atomic mass is 9.36. The van der Waals surface area contributed by atoms with E-state index in [1.807, 2.05) is 0 Å². The molecule has 0 fully saturated rings. The molecule has 0 aromatic carbocycles. The van der Waals surface area contributed by atoms with Gasteiger partial charge in [0.05, 0.1) is 0 Å². The summed E-state index contributed by atoms with van der Waals surface area (Å²) in [6.07, 6.45) is 11.7. The molecule has 1 rings (SSSR count). The van der Waals surface area contributed by atoms with Crippen molar-refractivity contribution in [2.24, 2.45) is 0 Å². The van der Waals surface area contributed by atoms with Crippen molar-refractivity contribution < 1.29 is 0 Å². The maximum Gasteiger partial charge on any atom is 0.146 e. The van der Waals surface area contributed by atoms with Crippen LogP contribution in [0.3, 0.4) is 0 Å². The van der Waals surface area contributed by atoms with E-state index >= 15 is 0 Å². The lowest BCUT2D eigenvalue weighted by molar-refractivity contribution is 0.715. The summed E-state index contributed by atoms with van der Waals surface area (Å²) in [7, 11) is 0. The number of rotatable bonds is 3. The SMILES string of the molecule is CCB(CC)C1C=CCCC1. The van der Waals surface area contributed by atoms with Crippen molar-refractivity contribution in [1.82, 2.24) is 0 Å². The first kappa shape index (κ1) is 8.90. The molecule has 0 aromatic rings. The maximum absolute atomic E-state index is 2.45. The number of hydrogen-bond donors (Lipinski definition) is 0. The minimum absolute atomic E-state index is 0.902. The van der Waals surface area contributed by atoms with Gasteiger partial charge in [0.2, 0.25) is 0 Å². The molecule has 0 heterocycles. The van der Waals surface area contributed by atoms with E-state index in [1.165, 1.54) is 31.9 Å². The zero-order chi connectivity index (χ0) is 8.10. The Morgan fingerprint density at radius 3 is 2.55 bits per heavy atom. The predicted molar refractivity (Wildman–Crippen MR) is 53.5 cm³/mol. The largest absolute Gasteiger partial charge is 0.146 e. The van der Waals surface area contributed by atoms with Crippen molar-refractivity contribution in [3.8, 4) is 0 Å². The minimum Gasteiger partial charge on any atom is -0.0926 e. The Morgan fingerprint density at radius 2 is 2.09 bits per heavy atom. The average Bonchev–Trinajstić information content (AvgIpc) is 2.09. The zero-order valence-corrected chi connectivity index (χ0v) is 7.84. The van der Waals surface area contributed by atoms with Crippen LogP contribution in [0.25, 0.3) is 0 Å². The zero-order valence-electron chi connectivity index (χ0n) is 7.84. The summed E-state index contributed by atoms with van der Waals surface area (Å²) in [5.41, 5.74) is 0. The molecule has 1 aliphatic rings. The fourth-order valence-electron chi connectivity index (χ4n) is 2.13. The Balaban J connectivity index is 2.42. The molecule has 0 N–H and O–H groups in total. The summed E-state index contributed by atoms with van der Waals surface area (Å²) in [6.45, 7) is 5.58. The highest BCUT2D eigenvalue weighted by Crippen LogP contribution is 2.28. The van der Waals surface area contributed by atoms with E-state index in [2.05, 4.69) is 26.0 Å². The van der Waals surface area contributed by atoms with Crippen molar-refractivity contribution in [1.29, 1.82) is 0 Å². The summed E-state index contributed by atoms with van der Waals surface area (Å²) in [6, 6.07) is 0. The summed E-state index contributed by atoms with van der Waals surface area (Å²) in [5, 5.41) is 0. The predicted octanol–water partition coefficient (Wildman–Crippen LogP) is 3.63. The molecule has 1 heteroatoms. The highest BCUT2D eigenvalue weighted by Gasteiger charge is 2.19. The van der Waals surface area contributed by atoms with E-state index in [4.69, 9.17) is 0 Å². The molecule has 1 aliphatic carbocycles. The van der Waals surface area contributed by atoms with Crippen molar-refractivity contribution in [2.45, 2.75) is 51.6 Å². The van der Waals surface area contributed by atoms with Crippen LogP contribution in [0.4, 0.5) is 0 Å². The molecule has 11 heavy (non-hydrogen) atoms. The van der Waals surface area contributed by atoms with Crippen molar-refractivity contribution in [3.63, 3.8) is 0 Å². The second-order valence-corrected chi connectivity index (χ2v) is 3.60. The van der Waals surface area contributed by atoms with Crippen LogP contribution in [-0.4, -0.2) is 6.71 Å². The fraction of sp³-hybridized carbons (Fsp3) is 0.800. The molecule has 1 atom stereocenters. The minimum atomic E-state index is 0.902. The van der Waals surface area contributed by atoms with Gasteiger partial charge in [-0.15, -0.1) is 0 Å². The topological polar surface area (TPSA) is 0 Å². The van der Waals surface area contributed by atoms with Gasteiger partial charge in [-0.2, -0.15) is 0 Å². The van der Waals surface area contributed by atoms with E-state index in [1.54, 1.807) is 0 Å². The van der Waals surface area contributed by atoms with Gasteiger partial charge >= 0.3 is 0 Å². The molecule has 0 saturated carbocycles. The van der Waals surface area contributed by atoms with Crippen molar-refractivity contribution in [3.05, 3.63) is 12.2 Å². The Bertz CT molecular complexity index is 125. The molecule has 1 unspecified atom stereocenters. The Morgan fingerprint density at radius 1 is 1.36 bits per heavy atom. The molecule has 0 spiro atoms. The molecule has 0 aromatic heterocycles. The van der Waals surface area contributed by atoms with E-state index in [-0.39, 0.29) is 0 Å². The third-order valence-electron chi connectivity index (χ3n) is 2.95. The van der Waals surface area contributed by atoms with Crippen molar-refractivity contribution >= 4 is 6.71 Å². The van der Waals surface area contributed by atoms with E-state index in [9.17, 15) is 0 Å². The van der Waals surface area contributed by atoms with Crippen LogP contribution in [0.5, 0.6) is 0 Å². The lowest BCUT2D eigenvalue weighted by Gasteiger charge is -2.21. The lowest BCUT2D eigenvalue weighted by Crippen LogP contribution is -2.18. The van der Waals surface area contributed by atoms with Gasteiger partial charge in [-0.3, -0.25) is 0 Å². The second-order valence-electron chi connectivity index (χ2n) is 3.60. The van der Waals surface area contributed by atoms with Crippen LogP contribution in [-0.2, 0) is 0 Å². The van der Waals surface area contributed by atoms with Gasteiger partial charge in [0.1, 0.15) is 6.71 Å². The second kappa shape index (κ2) is 4.64. The summed E-state index contributed by atoms with van der Waals surface area (Å²) in [4.78, 5) is 0. The summed E-state index contributed by atoms with van der Waals surface area (Å²) >= 11 is 0. The third-order valence-corrected chi connectivity index (χ3v) is 2.95. The third kappa shape index (κ3) is 2.39. The fourth-order valence-corrected chi connectivity index (χ4v) is 2.13. The van der Waals surface area contributed by atoms with Gasteiger partial charge in [0.15, 0.2) is 0 Å². The molecule has 0 aliphatic heterocycles. The van der Waals surface area contributed by atoms with Crippen LogP contribution in [0.2, 0.25) is 18.5 Å². The van der Waals surface area contributed by atoms with E-state index in [0.717, 1.165) is 12.5 Å². The smallest absolute Gasteiger partial charge is 0.0926 e. The molecule has 0 bridgehead atoms. The monoisotopic (exact) mass is 150 g/mol. The number of hydrogen-bond acceptors (Lipinski definition) is 0. The van der Waals surface area contributed by atoms with Crippen molar-refractivity contribution in [2.75, 3.05) is 0 Å². The molecule has 0 nitrogen and oxygen atoms in total. The first-order chi connectivity index (χ1) is 5.38. The van der Waals surface area contributed by atoms with Gasteiger partial charge in [-0.05, 0) is 18.7 Å². The summed E-state index contributed by atoms with van der Waals surface area (Å²) in [5.74, 6) is 0.902. The van der Waals surface area contributed by atoms with Gasteiger partial charge in [-0.25, -0.2) is 0 Å². The first-order valence-corrected chi connectivity index (χ1v) is 5.05. The molecule has 0 radical (unpaired) electrons. The quantitative estimate of drug-likeness (QED) is 0.425. The molecular formula is C10H19B. The van der Waals surface area contributed by atoms with Crippen LogP contribution in [0.1, 0.15) is 33.1 Å². The molecule has 0 saturated heterocycles. The van der Waals surface area contributed by atoms with E-state index < -0.39 is 0 Å². The van der Waals surface area contributed by atoms with Gasteiger partial charge in [0, 0.05) is 0 Å². The number of allylic oxidation sites excluding steroid dienone is 2. The van der Waals surface area contributed by atoms with Crippen LogP contribution < -0.4 is 0 Å². The molecular weight excluding hydrogens is 131 g/mol. The Kier molecular flexibility index (Phi) is 3.75. The molecule has 62 valence electrons. The highest BCUT2D eigenvalue weighted by atomic mass is 14.1. The van der Waals surface area contributed by atoms with Crippen LogP contribution in [0.15, 0.2) is 12.2 Å². The van der Waals surface area contributed by atoms with Gasteiger partial charge in [0.25, 0.3) is 0 Å². The van der Waals surface area contributed by atoms with Crippen LogP contribution >= 0.6 is 0 Å².